The molecule has 1 aliphatic carbocycles. The fraction of sp³-hybridized carbons (Fsp3) is 0.438. The number of piperidine rings is 1. The maximum Gasteiger partial charge on any atom is 0.246 e. The first-order valence-corrected chi connectivity index (χ1v) is 16.9. The Bertz CT molecular complexity index is 1420. The van der Waals surface area contributed by atoms with E-state index < -0.39 is 10.0 Å². The second kappa shape index (κ2) is 12.8. The summed E-state index contributed by atoms with van der Waals surface area (Å²) in [4.78, 5) is 0.229. The Balaban J connectivity index is 1.13. The molecule has 0 bridgehead atoms. The molecule has 3 aromatic carbocycles. The second-order valence-corrected chi connectivity index (χ2v) is 14.5. The minimum Gasteiger partial charge on any atom is -0.495 e. The number of halogens is 2. The molecule has 224 valence electrons. The Morgan fingerprint density at radius 1 is 0.857 bits per heavy atom. The number of fused-ring (bicyclic) bond motifs is 1. The molecule has 10 heteroatoms. The van der Waals surface area contributed by atoms with E-state index in [4.69, 9.17) is 27.9 Å². The number of methoxy groups -OCH3 is 1. The molecule has 3 fully saturated rings. The van der Waals surface area contributed by atoms with Gasteiger partial charge in [-0.1, -0.05) is 59.6 Å². The summed E-state index contributed by atoms with van der Waals surface area (Å²) in [6, 6.07) is 24.0. The van der Waals surface area contributed by atoms with Crippen molar-refractivity contribution in [2.24, 2.45) is 11.8 Å². The van der Waals surface area contributed by atoms with Gasteiger partial charge in [0.25, 0.3) is 0 Å². The Morgan fingerprint density at radius 2 is 1.48 bits per heavy atom. The second-order valence-electron chi connectivity index (χ2n) is 11.7. The van der Waals surface area contributed by atoms with E-state index in [2.05, 4.69) is 40.4 Å². The lowest BCUT2D eigenvalue weighted by Gasteiger charge is -2.39. The molecule has 3 aromatic rings. The van der Waals surface area contributed by atoms with Gasteiger partial charge in [-0.3, -0.25) is 10.7 Å². The monoisotopic (exact) mass is 628 g/mol. The van der Waals surface area contributed by atoms with Gasteiger partial charge in [0.2, 0.25) is 10.0 Å². The third kappa shape index (κ3) is 6.22. The van der Waals surface area contributed by atoms with Crippen molar-refractivity contribution in [3.8, 4) is 5.75 Å². The summed E-state index contributed by atoms with van der Waals surface area (Å²) in [6.07, 6.45) is 4.92. The number of nitrogens with zero attached hydrogens (tertiary/aromatic N) is 1. The molecule has 3 aliphatic rings. The summed E-state index contributed by atoms with van der Waals surface area (Å²) in [7, 11) is -2.11. The van der Waals surface area contributed by atoms with Gasteiger partial charge in [0.05, 0.1) is 13.3 Å². The van der Waals surface area contributed by atoms with Crippen LogP contribution in [-0.2, 0) is 10.0 Å². The van der Waals surface area contributed by atoms with Gasteiger partial charge >= 0.3 is 0 Å². The van der Waals surface area contributed by atoms with Crippen molar-refractivity contribution in [3.63, 3.8) is 0 Å². The van der Waals surface area contributed by atoms with Crippen LogP contribution in [0.1, 0.15) is 49.1 Å². The van der Waals surface area contributed by atoms with E-state index in [-0.39, 0.29) is 23.0 Å². The first-order chi connectivity index (χ1) is 20.3. The molecule has 2 aliphatic heterocycles. The molecule has 42 heavy (non-hydrogen) atoms. The van der Waals surface area contributed by atoms with E-state index >= 15 is 0 Å². The van der Waals surface area contributed by atoms with Crippen LogP contribution in [0, 0.1) is 11.8 Å². The number of hydrogen-bond donors (Lipinski definition) is 3. The highest BCUT2D eigenvalue weighted by Gasteiger charge is 2.44. The van der Waals surface area contributed by atoms with Crippen LogP contribution >= 0.6 is 23.2 Å². The van der Waals surface area contributed by atoms with Crippen LogP contribution in [0.3, 0.4) is 0 Å². The molecule has 0 radical (unpaired) electrons. The van der Waals surface area contributed by atoms with Gasteiger partial charge in [-0.25, -0.2) is 13.8 Å². The minimum atomic E-state index is -3.61. The van der Waals surface area contributed by atoms with Crippen molar-refractivity contribution in [2.75, 3.05) is 20.2 Å². The number of benzene rings is 3. The summed E-state index contributed by atoms with van der Waals surface area (Å²) in [5.74, 6) is 1.52. The molecule has 0 amide bonds. The zero-order valence-corrected chi connectivity index (χ0v) is 26.0. The Kier molecular flexibility index (Phi) is 9.12. The summed E-state index contributed by atoms with van der Waals surface area (Å²) < 4.78 is 33.6. The van der Waals surface area contributed by atoms with Crippen molar-refractivity contribution < 1.29 is 13.2 Å². The number of para-hydroxylation sites is 1. The molecule has 6 rings (SSSR count). The summed E-state index contributed by atoms with van der Waals surface area (Å²) in [5.41, 5.74) is 9.64. The van der Waals surface area contributed by atoms with E-state index in [9.17, 15) is 8.42 Å². The Hall–Kier alpha value is -2.17. The number of hydrogen-bond acceptors (Lipinski definition) is 6. The van der Waals surface area contributed by atoms with Crippen LogP contribution in [0.5, 0.6) is 5.75 Å². The lowest BCUT2D eigenvalue weighted by Crippen LogP contribution is -2.53. The molecule has 7 nitrogen and oxygen atoms in total. The van der Waals surface area contributed by atoms with Crippen LogP contribution < -0.4 is 20.9 Å². The van der Waals surface area contributed by atoms with Crippen molar-refractivity contribution in [3.05, 3.63) is 94.0 Å². The van der Waals surface area contributed by atoms with Crippen molar-refractivity contribution >= 4 is 33.2 Å². The predicted molar refractivity (Wildman–Crippen MR) is 167 cm³/mol. The number of rotatable bonds is 8. The highest BCUT2D eigenvalue weighted by atomic mass is 35.5. The molecule has 2 saturated heterocycles. The molecule has 0 aromatic heterocycles. The molecule has 0 spiro atoms. The smallest absolute Gasteiger partial charge is 0.246 e. The minimum absolute atomic E-state index is 0.122. The van der Waals surface area contributed by atoms with Crippen LogP contribution in [-0.4, -0.2) is 51.2 Å². The lowest BCUT2D eigenvalue weighted by atomic mass is 9.68. The third-order valence-electron chi connectivity index (χ3n) is 9.28. The molecule has 1 saturated carbocycles. The quantitative estimate of drug-likeness (QED) is 0.293. The summed E-state index contributed by atoms with van der Waals surface area (Å²) in [5, 5.41) is 5.34. The van der Waals surface area contributed by atoms with Gasteiger partial charge in [-0.05, 0) is 85.5 Å². The van der Waals surface area contributed by atoms with Crippen LogP contribution in [0.15, 0.2) is 77.7 Å². The predicted octanol–water partition coefficient (Wildman–Crippen LogP) is 5.80. The standard InChI is InChI=1S/C32H38Cl2N4O3S/c1-41-29-4-2-3-5-30(29)42(39,40)38-18-16-26(17-19-38)35-32-27-20-23(10-15-28(27)36-37-32)31(21-6-11-24(33)12-7-21)22-8-13-25(34)14-9-22/h2-9,11-14,23,26-28,31-32,35-37H,10,15-20H2,1H3. The van der Waals surface area contributed by atoms with Gasteiger partial charge in [0.15, 0.2) is 0 Å². The molecule has 2 heterocycles. The molecule has 4 atom stereocenters. The molecule has 3 N–H and O–H groups in total. The van der Waals surface area contributed by atoms with Crippen molar-refractivity contribution in [2.45, 2.75) is 61.2 Å². The first kappa shape index (κ1) is 29.9. The van der Waals surface area contributed by atoms with Crippen LogP contribution in [0.2, 0.25) is 10.0 Å². The summed E-state index contributed by atoms with van der Waals surface area (Å²) in [6.45, 7) is 0.953. The normalized spacial score (nSPS) is 25.4. The molecular formula is C32H38Cl2N4O3S. The molecule has 4 unspecified atom stereocenters. The van der Waals surface area contributed by atoms with E-state index in [1.807, 2.05) is 24.3 Å². The molecular weight excluding hydrogens is 591 g/mol. The zero-order valence-electron chi connectivity index (χ0n) is 23.7. The van der Waals surface area contributed by atoms with Gasteiger partial charge in [-0.15, -0.1) is 0 Å². The van der Waals surface area contributed by atoms with Crippen LogP contribution in [0.4, 0.5) is 0 Å². The number of nitrogens with one attached hydrogen (secondary N) is 3. The maximum absolute atomic E-state index is 13.4. The average Bonchev–Trinajstić information content (AvgIpc) is 3.41. The maximum atomic E-state index is 13.4. The van der Waals surface area contributed by atoms with Crippen LogP contribution in [0.25, 0.3) is 0 Å². The number of ether oxygens (including phenoxy) is 1. The number of sulfonamides is 1. The van der Waals surface area contributed by atoms with Crippen molar-refractivity contribution in [1.82, 2.24) is 20.5 Å². The fourth-order valence-corrected chi connectivity index (χ4v) is 9.00. The highest BCUT2D eigenvalue weighted by molar-refractivity contribution is 7.89. The third-order valence-corrected chi connectivity index (χ3v) is 11.7. The Labute approximate surface area is 258 Å². The van der Waals surface area contributed by atoms with Gasteiger partial charge in [-0.2, -0.15) is 4.31 Å². The van der Waals surface area contributed by atoms with Crippen molar-refractivity contribution in [1.29, 1.82) is 0 Å². The largest absolute Gasteiger partial charge is 0.495 e. The lowest BCUT2D eigenvalue weighted by molar-refractivity contribution is 0.185. The van der Waals surface area contributed by atoms with E-state index in [0.29, 0.717) is 36.7 Å². The van der Waals surface area contributed by atoms with Gasteiger partial charge < -0.3 is 4.74 Å². The SMILES string of the molecule is COc1ccccc1S(=O)(=O)N1CCC(NC2NNC3CCC(C(c4ccc(Cl)cc4)c4ccc(Cl)cc4)CC32)CC1. The van der Waals surface area contributed by atoms with E-state index in [1.54, 1.807) is 28.6 Å². The highest BCUT2D eigenvalue weighted by Crippen LogP contribution is 2.44. The summed E-state index contributed by atoms with van der Waals surface area (Å²) >= 11 is 12.5. The van der Waals surface area contributed by atoms with E-state index in [1.165, 1.54) is 18.2 Å². The topological polar surface area (TPSA) is 82.7 Å². The Morgan fingerprint density at radius 3 is 2.10 bits per heavy atom. The fourth-order valence-electron chi connectivity index (χ4n) is 7.12. The number of hydrazine groups is 1. The zero-order chi connectivity index (χ0) is 29.3. The van der Waals surface area contributed by atoms with Gasteiger partial charge in [0, 0.05) is 47.1 Å². The van der Waals surface area contributed by atoms with E-state index in [0.717, 1.165) is 42.1 Å². The average molecular weight is 630 g/mol. The van der Waals surface area contributed by atoms with Gasteiger partial charge in [0.1, 0.15) is 10.6 Å². The first-order valence-electron chi connectivity index (χ1n) is 14.7.